The molecule has 2 rings (SSSR count). The van der Waals surface area contributed by atoms with Gasteiger partial charge in [0.15, 0.2) is 0 Å². The second-order valence-electron chi connectivity index (χ2n) is 5.39. The van der Waals surface area contributed by atoms with Crippen molar-refractivity contribution in [2.75, 3.05) is 24.2 Å². The van der Waals surface area contributed by atoms with E-state index in [-0.39, 0.29) is 0 Å². The van der Waals surface area contributed by atoms with E-state index in [1.54, 1.807) is 5.57 Å². The smallest absolute Gasteiger partial charge is 0.144 e. The van der Waals surface area contributed by atoms with Crippen molar-refractivity contribution in [1.82, 2.24) is 0 Å². The number of anilines is 2. The summed E-state index contributed by atoms with van der Waals surface area (Å²) in [5.74, 6) is 0.786. The molecule has 0 heterocycles. The largest absolute Gasteiger partial charge is 0.491 e. The molecule has 0 saturated carbocycles. The number of hydrogen-bond acceptors (Lipinski definition) is 3. The highest BCUT2D eigenvalue weighted by atomic mass is 16.5. The Kier molecular flexibility index (Phi) is 5.78. The molecule has 0 radical (unpaired) electrons. The van der Waals surface area contributed by atoms with Crippen molar-refractivity contribution < 1.29 is 4.74 Å². The summed E-state index contributed by atoms with van der Waals surface area (Å²) in [6.07, 6.45) is 9.76. The summed E-state index contributed by atoms with van der Waals surface area (Å²) in [7, 11) is 0. The van der Waals surface area contributed by atoms with E-state index in [1.165, 1.54) is 25.7 Å². The van der Waals surface area contributed by atoms with Gasteiger partial charge in [-0.2, -0.15) is 0 Å². The van der Waals surface area contributed by atoms with Gasteiger partial charge >= 0.3 is 0 Å². The van der Waals surface area contributed by atoms with Crippen LogP contribution in [0.15, 0.2) is 29.8 Å². The predicted molar refractivity (Wildman–Crippen MR) is 86.3 cm³/mol. The van der Waals surface area contributed by atoms with Crippen molar-refractivity contribution in [1.29, 1.82) is 0 Å². The average Bonchev–Trinajstić information content (AvgIpc) is 2.49. The van der Waals surface area contributed by atoms with Gasteiger partial charge in [-0.15, -0.1) is 0 Å². The fourth-order valence-electron chi connectivity index (χ4n) is 2.48. The standard InChI is InChI=1S/C17H26N2O/c1-2-12-20-17-13-15(8-9-16(17)18)19-11-10-14-6-4-3-5-7-14/h6,8-9,13,19H,2-5,7,10-12,18H2,1H3. The molecule has 1 aromatic rings. The summed E-state index contributed by atoms with van der Waals surface area (Å²) >= 11 is 0. The number of hydrogen-bond donors (Lipinski definition) is 2. The van der Waals surface area contributed by atoms with Gasteiger partial charge in [0.05, 0.1) is 12.3 Å². The highest BCUT2D eigenvalue weighted by molar-refractivity contribution is 5.61. The minimum Gasteiger partial charge on any atom is -0.491 e. The lowest BCUT2D eigenvalue weighted by atomic mass is 9.97. The first-order valence-corrected chi connectivity index (χ1v) is 7.73. The molecular weight excluding hydrogens is 248 g/mol. The molecule has 3 nitrogen and oxygen atoms in total. The SMILES string of the molecule is CCCOc1cc(NCCC2=CCCCC2)ccc1N. The van der Waals surface area contributed by atoms with E-state index in [1.807, 2.05) is 18.2 Å². The number of rotatable bonds is 7. The van der Waals surface area contributed by atoms with Gasteiger partial charge in [-0.05, 0) is 50.7 Å². The molecular formula is C17H26N2O. The number of nitrogens with two attached hydrogens (primary N) is 1. The van der Waals surface area contributed by atoms with Gasteiger partial charge in [-0.25, -0.2) is 0 Å². The Labute approximate surface area is 122 Å². The zero-order valence-electron chi connectivity index (χ0n) is 12.5. The third-order valence-corrected chi connectivity index (χ3v) is 3.64. The molecule has 20 heavy (non-hydrogen) atoms. The molecule has 0 fully saturated rings. The lowest BCUT2D eigenvalue weighted by Crippen LogP contribution is -2.05. The molecule has 3 heteroatoms. The van der Waals surface area contributed by atoms with Crippen LogP contribution >= 0.6 is 0 Å². The van der Waals surface area contributed by atoms with E-state index in [2.05, 4.69) is 18.3 Å². The van der Waals surface area contributed by atoms with Gasteiger partial charge in [0.2, 0.25) is 0 Å². The maximum absolute atomic E-state index is 5.91. The Hall–Kier alpha value is -1.64. The third kappa shape index (κ3) is 4.48. The molecule has 0 saturated heterocycles. The van der Waals surface area contributed by atoms with Crippen molar-refractivity contribution in [3.63, 3.8) is 0 Å². The predicted octanol–water partition coefficient (Wildman–Crippen LogP) is 4.36. The van der Waals surface area contributed by atoms with Crippen LogP contribution in [0.5, 0.6) is 5.75 Å². The van der Waals surface area contributed by atoms with E-state index in [0.717, 1.165) is 30.8 Å². The van der Waals surface area contributed by atoms with Crippen LogP contribution in [-0.4, -0.2) is 13.2 Å². The van der Waals surface area contributed by atoms with E-state index >= 15 is 0 Å². The van der Waals surface area contributed by atoms with Crippen LogP contribution in [0.1, 0.15) is 45.4 Å². The topological polar surface area (TPSA) is 47.3 Å². The number of allylic oxidation sites excluding steroid dienone is 1. The summed E-state index contributed by atoms with van der Waals surface area (Å²) in [5.41, 5.74) is 9.30. The Bertz CT molecular complexity index is 454. The summed E-state index contributed by atoms with van der Waals surface area (Å²) in [6.45, 7) is 3.78. The maximum atomic E-state index is 5.91. The van der Waals surface area contributed by atoms with Gasteiger partial charge in [-0.1, -0.05) is 18.6 Å². The minimum atomic E-state index is 0.707. The highest BCUT2D eigenvalue weighted by Gasteiger charge is 2.05. The molecule has 1 aliphatic carbocycles. The van der Waals surface area contributed by atoms with E-state index in [9.17, 15) is 0 Å². The zero-order chi connectivity index (χ0) is 14.2. The molecule has 0 atom stereocenters. The third-order valence-electron chi connectivity index (χ3n) is 3.64. The first-order chi connectivity index (χ1) is 9.79. The summed E-state index contributed by atoms with van der Waals surface area (Å²) in [4.78, 5) is 0. The highest BCUT2D eigenvalue weighted by Crippen LogP contribution is 2.26. The summed E-state index contributed by atoms with van der Waals surface area (Å²) in [6, 6.07) is 5.93. The Morgan fingerprint density at radius 2 is 2.20 bits per heavy atom. The molecule has 1 aliphatic rings. The first kappa shape index (κ1) is 14.8. The van der Waals surface area contributed by atoms with Crippen LogP contribution in [0.4, 0.5) is 11.4 Å². The maximum Gasteiger partial charge on any atom is 0.144 e. The van der Waals surface area contributed by atoms with Crippen molar-refractivity contribution >= 4 is 11.4 Å². The normalized spacial score (nSPS) is 14.8. The van der Waals surface area contributed by atoms with Gasteiger partial charge < -0.3 is 15.8 Å². The van der Waals surface area contributed by atoms with E-state index in [0.29, 0.717) is 12.3 Å². The minimum absolute atomic E-state index is 0.707. The van der Waals surface area contributed by atoms with Crippen LogP contribution in [0, 0.1) is 0 Å². The van der Waals surface area contributed by atoms with E-state index in [4.69, 9.17) is 10.5 Å². The summed E-state index contributed by atoms with van der Waals surface area (Å²) in [5, 5.41) is 3.46. The summed E-state index contributed by atoms with van der Waals surface area (Å²) < 4.78 is 5.65. The van der Waals surface area contributed by atoms with Crippen LogP contribution in [0.25, 0.3) is 0 Å². The lowest BCUT2D eigenvalue weighted by molar-refractivity contribution is 0.319. The zero-order valence-corrected chi connectivity index (χ0v) is 12.5. The Balaban J connectivity index is 1.84. The average molecular weight is 274 g/mol. The second-order valence-corrected chi connectivity index (χ2v) is 5.39. The first-order valence-electron chi connectivity index (χ1n) is 7.73. The number of nitrogens with one attached hydrogen (secondary N) is 1. The molecule has 3 N–H and O–H groups in total. The van der Waals surface area contributed by atoms with Crippen LogP contribution < -0.4 is 15.8 Å². The number of benzene rings is 1. The molecule has 1 aromatic carbocycles. The molecule has 110 valence electrons. The molecule has 0 aromatic heterocycles. The lowest BCUT2D eigenvalue weighted by Gasteiger charge is -2.14. The number of nitrogen functional groups attached to an aromatic ring is 1. The molecule has 0 amide bonds. The second kappa shape index (κ2) is 7.83. The Morgan fingerprint density at radius 1 is 1.30 bits per heavy atom. The quantitative estimate of drug-likeness (QED) is 0.573. The van der Waals surface area contributed by atoms with E-state index < -0.39 is 0 Å². The van der Waals surface area contributed by atoms with Gasteiger partial charge in [0.1, 0.15) is 5.75 Å². The fourth-order valence-corrected chi connectivity index (χ4v) is 2.48. The van der Waals surface area contributed by atoms with Crippen LogP contribution in [-0.2, 0) is 0 Å². The van der Waals surface area contributed by atoms with Crippen molar-refractivity contribution in [2.45, 2.75) is 45.4 Å². The van der Waals surface area contributed by atoms with Crippen molar-refractivity contribution in [3.8, 4) is 5.75 Å². The number of ether oxygens (including phenoxy) is 1. The van der Waals surface area contributed by atoms with Crippen LogP contribution in [0.3, 0.4) is 0 Å². The van der Waals surface area contributed by atoms with Crippen molar-refractivity contribution in [3.05, 3.63) is 29.8 Å². The van der Waals surface area contributed by atoms with Gasteiger partial charge in [0.25, 0.3) is 0 Å². The molecule has 0 spiro atoms. The molecule has 0 unspecified atom stereocenters. The molecule has 0 aliphatic heterocycles. The Morgan fingerprint density at radius 3 is 2.95 bits per heavy atom. The van der Waals surface area contributed by atoms with Crippen molar-refractivity contribution in [2.24, 2.45) is 0 Å². The molecule has 0 bridgehead atoms. The van der Waals surface area contributed by atoms with Gasteiger partial charge in [-0.3, -0.25) is 0 Å². The monoisotopic (exact) mass is 274 g/mol. The fraction of sp³-hybridized carbons (Fsp3) is 0.529. The van der Waals surface area contributed by atoms with Gasteiger partial charge in [0, 0.05) is 18.3 Å². The van der Waals surface area contributed by atoms with Crippen LogP contribution in [0.2, 0.25) is 0 Å².